The Hall–Kier alpha value is -5.29. The zero-order valence-corrected chi connectivity index (χ0v) is 20.4. The molecule has 38 heavy (non-hydrogen) atoms. The molecular weight excluding hydrogens is 466 g/mol. The average molecular weight is 488 g/mol. The maximum absolute atomic E-state index is 5.02. The third-order valence-electron chi connectivity index (χ3n) is 7.29. The number of pyridine rings is 3. The third-order valence-corrected chi connectivity index (χ3v) is 7.29. The molecule has 8 rings (SSSR count). The Balaban J connectivity index is 1.52. The van der Waals surface area contributed by atoms with Crippen molar-refractivity contribution in [3.63, 3.8) is 0 Å². The van der Waals surface area contributed by atoms with E-state index < -0.39 is 0 Å². The van der Waals surface area contributed by atoms with Gasteiger partial charge in [0.25, 0.3) is 0 Å². The minimum absolute atomic E-state index is 0.949. The van der Waals surface area contributed by atoms with Crippen molar-refractivity contribution >= 4 is 43.9 Å². The van der Waals surface area contributed by atoms with E-state index in [1.165, 1.54) is 0 Å². The highest BCUT2D eigenvalue weighted by molar-refractivity contribution is 6.21. The molecule has 0 bridgehead atoms. The van der Waals surface area contributed by atoms with Crippen LogP contribution in [0.4, 0.5) is 0 Å². The zero-order valence-electron chi connectivity index (χ0n) is 20.4. The molecular formula is C33H21N5. The van der Waals surface area contributed by atoms with Crippen molar-refractivity contribution in [3.8, 4) is 22.5 Å². The summed E-state index contributed by atoms with van der Waals surface area (Å²) in [5.41, 5.74) is 10.7. The monoisotopic (exact) mass is 487 g/mol. The molecule has 5 nitrogen and oxygen atoms in total. The van der Waals surface area contributed by atoms with Gasteiger partial charge in [-0.2, -0.15) is 0 Å². The van der Waals surface area contributed by atoms with Crippen molar-refractivity contribution in [3.05, 3.63) is 128 Å². The largest absolute Gasteiger partial charge is 0.306 e. The van der Waals surface area contributed by atoms with E-state index >= 15 is 0 Å². The Morgan fingerprint density at radius 2 is 1.18 bits per heavy atom. The minimum atomic E-state index is 0.949. The predicted molar refractivity (Wildman–Crippen MR) is 154 cm³/mol. The van der Waals surface area contributed by atoms with Crippen LogP contribution in [0.3, 0.4) is 0 Å². The van der Waals surface area contributed by atoms with Gasteiger partial charge in [-0.05, 0) is 59.7 Å². The fourth-order valence-corrected chi connectivity index (χ4v) is 5.64. The van der Waals surface area contributed by atoms with E-state index in [-0.39, 0.29) is 0 Å². The lowest BCUT2D eigenvalue weighted by Gasteiger charge is -2.12. The SMILES string of the molecule is c1ccc(-n2c3cccnc3c3cnc4c5ccccc5n(-c5ccc(-c6cccnc6)cc5)c4c32)cc1. The summed E-state index contributed by atoms with van der Waals surface area (Å²) >= 11 is 0. The standard InChI is InChI=1S/C33H21N5/c1-2-9-24(10-3-1)38-29-13-7-19-35-30(29)27-21-36-31-26-11-4-5-12-28(26)37(33(31)32(27)38)25-16-14-22(15-17-25)23-8-6-18-34-20-23/h1-21H. The van der Waals surface area contributed by atoms with E-state index in [0.29, 0.717) is 0 Å². The average Bonchev–Trinajstić information content (AvgIpc) is 3.51. The molecule has 0 saturated carbocycles. The van der Waals surface area contributed by atoms with Crippen LogP contribution in [0.25, 0.3) is 66.4 Å². The lowest BCUT2D eigenvalue weighted by molar-refractivity contribution is 1.14. The topological polar surface area (TPSA) is 48.5 Å². The van der Waals surface area contributed by atoms with E-state index in [2.05, 4.69) is 99.0 Å². The number of aromatic nitrogens is 5. The molecule has 0 amide bonds. The molecule has 8 aromatic rings. The van der Waals surface area contributed by atoms with Gasteiger partial charge in [-0.3, -0.25) is 15.0 Å². The van der Waals surface area contributed by atoms with Crippen LogP contribution >= 0.6 is 0 Å². The number of fused-ring (bicyclic) bond motifs is 7. The van der Waals surface area contributed by atoms with Crippen molar-refractivity contribution in [1.29, 1.82) is 0 Å². The summed E-state index contributed by atoms with van der Waals surface area (Å²) in [6.07, 6.45) is 7.53. The maximum Gasteiger partial charge on any atom is 0.0985 e. The first kappa shape index (κ1) is 20.9. The molecule has 3 aromatic carbocycles. The Kier molecular flexibility index (Phi) is 4.45. The summed E-state index contributed by atoms with van der Waals surface area (Å²) in [5, 5.41) is 2.16. The van der Waals surface area contributed by atoms with Crippen LogP contribution in [0.1, 0.15) is 0 Å². The first-order valence-electron chi connectivity index (χ1n) is 12.6. The van der Waals surface area contributed by atoms with Crippen LogP contribution < -0.4 is 0 Å². The lowest BCUT2D eigenvalue weighted by Crippen LogP contribution is -1.99. The Labute approximate surface area is 218 Å². The molecule has 0 aliphatic heterocycles. The zero-order chi connectivity index (χ0) is 25.1. The molecule has 0 unspecified atom stereocenters. The van der Waals surface area contributed by atoms with Gasteiger partial charge in [-0.15, -0.1) is 0 Å². The Morgan fingerprint density at radius 1 is 0.447 bits per heavy atom. The maximum atomic E-state index is 5.02. The molecule has 0 radical (unpaired) electrons. The van der Waals surface area contributed by atoms with Crippen LogP contribution in [0.2, 0.25) is 0 Å². The molecule has 0 saturated heterocycles. The summed E-state index contributed by atoms with van der Waals surface area (Å²) in [6, 6.07) is 35.9. The van der Waals surface area contributed by atoms with Gasteiger partial charge in [-0.1, -0.05) is 54.6 Å². The Bertz CT molecular complexity index is 2110. The van der Waals surface area contributed by atoms with Gasteiger partial charge in [-0.25, -0.2) is 0 Å². The van der Waals surface area contributed by atoms with Gasteiger partial charge < -0.3 is 9.13 Å². The van der Waals surface area contributed by atoms with Gasteiger partial charge in [0.15, 0.2) is 0 Å². The first-order valence-corrected chi connectivity index (χ1v) is 12.6. The third kappa shape index (κ3) is 2.96. The summed E-state index contributed by atoms with van der Waals surface area (Å²) in [4.78, 5) is 14.1. The van der Waals surface area contributed by atoms with Gasteiger partial charge in [0.05, 0.1) is 33.1 Å². The fourth-order valence-electron chi connectivity index (χ4n) is 5.64. The number of rotatable bonds is 3. The summed E-state index contributed by atoms with van der Waals surface area (Å²) in [6.45, 7) is 0. The predicted octanol–water partition coefficient (Wildman–Crippen LogP) is 7.73. The summed E-state index contributed by atoms with van der Waals surface area (Å²) in [7, 11) is 0. The lowest BCUT2D eigenvalue weighted by atomic mass is 10.1. The van der Waals surface area contributed by atoms with E-state index in [1.54, 1.807) is 6.20 Å². The number of para-hydroxylation sites is 2. The number of hydrogen-bond donors (Lipinski definition) is 0. The number of nitrogens with zero attached hydrogens (tertiary/aromatic N) is 5. The van der Waals surface area contributed by atoms with Crippen LogP contribution in [0.15, 0.2) is 128 Å². The van der Waals surface area contributed by atoms with E-state index in [0.717, 1.165) is 66.4 Å². The molecule has 5 heterocycles. The second-order valence-electron chi connectivity index (χ2n) is 9.40. The number of benzene rings is 3. The fraction of sp³-hybridized carbons (Fsp3) is 0. The second-order valence-corrected chi connectivity index (χ2v) is 9.40. The van der Waals surface area contributed by atoms with Gasteiger partial charge in [0, 0.05) is 46.9 Å². The highest BCUT2D eigenvalue weighted by atomic mass is 15.1. The minimum Gasteiger partial charge on any atom is -0.306 e. The summed E-state index contributed by atoms with van der Waals surface area (Å²) in [5.74, 6) is 0. The Morgan fingerprint density at radius 3 is 2.03 bits per heavy atom. The van der Waals surface area contributed by atoms with Gasteiger partial charge in [0.2, 0.25) is 0 Å². The number of hydrogen-bond acceptors (Lipinski definition) is 3. The van der Waals surface area contributed by atoms with Crippen molar-refractivity contribution in [1.82, 2.24) is 24.1 Å². The molecule has 0 spiro atoms. The molecule has 5 aromatic heterocycles. The second kappa shape index (κ2) is 8.11. The smallest absolute Gasteiger partial charge is 0.0985 e. The van der Waals surface area contributed by atoms with E-state index in [9.17, 15) is 0 Å². The molecule has 0 fully saturated rings. The quantitative estimate of drug-likeness (QED) is 0.256. The van der Waals surface area contributed by atoms with E-state index in [4.69, 9.17) is 9.97 Å². The van der Waals surface area contributed by atoms with Crippen molar-refractivity contribution in [2.75, 3.05) is 0 Å². The van der Waals surface area contributed by atoms with Gasteiger partial charge in [0.1, 0.15) is 0 Å². The van der Waals surface area contributed by atoms with Crippen molar-refractivity contribution in [2.45, 2.75) is 0 Å². The highest BCUT2D eigenvalue weighted by Crippen LogP contribution is 2.40. The molecule has 178 valence electrons. The first-order chi connectivity index (χ1) is 18.9. The van der Waals surface area contributed by atoms with Gasteiger partial charge >= 0.3 is 0 Å². The normalized spacial score (nSPS) is 11.7. The van der Waals surface area contributed by atoms with Crippen molar-refractivity contribution in [2.24, 2.45) is 0 Å². The van der Waals surface area contributed by atoms with Crippen LogP contribution in [0.5, 0.6) is 0 Å². The molecule has 0 N–H and O–H groups in total. The highest BCUT2D eigenvalue weighted by Gasteiger charge is 2.22. The molecule has 0 aliphatic carbocycles. The van der Waals surface area contributed by atoms with Crippen LogP contribution in [-0.4, -0.2) is 24.1 Å². The van der Waals surface area contributed by atoms with Crippen molar-refractivity contribution < 1.29 is 0 Å². The molecule has 5 heteroatoms. The van der Waals surface area contributed by atoms with Crippen LogP contribution in [-0.2, 0) is 0 Å². The molecule has 0 atom stereocenters. The summed E-state index contributed by atoms with van der Waals surface area (Å²) < 4.78 is 4.66. The van der Waals surface area contributed by atoms with Crippen LogP contribution in [0, 0.1) is 0 Å². The molecule has 0 aliphatic rings. The van der Waals surface area contributed by atoms with E-state index in [1.807, 2.05) is 36.8 Å².